The largest absolute Gasteiger partial charge is 0.741 e. The first-order valence-corrected chi connectivity index (χ1v) is 11.9. The Bertz CT molecular complexity index is 676. The highest BCUT2D eigenvalue weighted by Gasteiger charge is 2.37. The van der Waals surface area contributed by atoms with E-state index in [0.717, 1.165) is 0 Å². The quantitative estimate of drug-likeness (QED) is 0.213. The minimum atomic E-state index is -6.09. The monoisotopic (exact) mass is 512 g/mol. The molecule has 190 valence electrons. The number of quaternary nitrogens is 2. The lowest BCUT2D eigenvalue weighted by Crippen LogP contribution is -2.43. The van der Waals surface area contributed by atoms with Crippen LogP contribution in [0.15, 0.2) is 0 Å². The number of hydrogen-bond donors (Lipinski definition) is 0. The van der Waals surface area contributed by atoms with Crippen LogP contribution in [-0.2, 0) is 20.2 Å². The lowest BCUT2D eigenvalue weighted by Gasteiger charge is -2.33. The van der Waals surface area contributed by atoms with Crippen LogP contribution in [0.1, 0.15) is 32.1 Å². The van der Waals surface area contributed by atoms with Gasteiger partial charge in [0.25, 0.3) is 0 Å². The van der Waals surface area contributed by atoms with Crippen molar-refractivity contribution in [2.75, 3.05) is 54.4 Å². The Morgan fingerprint density at radius 2 is 0.710 bits per heavy atom. The number of rotatable bonds is 0. The average Bonchev–Trinajstić information content (AvgIpc) is 2.89. The van der Waals surface area contributed by atoms with Crippen molar-refractivity contribution in [2.24, 2.45) is 0 Å². The number of likely N-dealkylation sites (tertiary alicyclic amines) is 2. The molecule has 0 bridgehead atoms. The van der Waals surface area contributed by atoms with Gasteiger partial charge in [0.2, 0.25) is 0 Å². The van der Waals surface area contributed by atoms with Gasteiger partial charge in [-0.15, -0.1) is 0 Å². The van der Waals surface area contributed by atoms with Crippen molar-refractivity contribution in [1.29, 1.82) is 0 Å². The predicted molar refractivity (Wildman–Crippen MR) is 98.3 cm³/mol. The number of halogens is 6. The Morgan fingerprint density at radius 1 is 0.548 bits per heavy atom. The highest BCUT2D eigenvalue weighted by atomic mass is 32.2. The van der Waals surface area contributed by atoms with Crippen molar-refractivity contribution in [2.45, 2.75) is 43.1 Å². The Morgan fingerprint density at radius 3 is 0.806 bits per heavy atom. The standard InChI is InChI=1S/C7H16N.C6H14N.2CHF3O3S/c1-8(2)6-4-3-5-7-8;1-7(2)5-3-4-6-7;2*2-1(3,4)8(5,6)7/h3-7H2,1-2H3;3-6H2,1-2H3;2*(H,5,6,7)/q2*+1;;/p-2. The summed E-state index contributed by atoms with van der Waals surface area (Å²) >= 11 is 0. The second-order valence-electron chi connectivity index (χ2n) is 8.33. The second-order valence-corrected chi connectivity index (χ2v) is 11.1. The smallest absolute Gasteiger partial charge is 0.485 e. The molecule has 2 aliphatic rings. The van der Waals surface area contributed by atoms with Crippen LogP contribution in [0.5, 0.6) is 0 Å². The van der Waals surface area contributed by atoms with E-state index in [1.54, 1.807) is 0 Å². The minimum absolute atomic E-state index is 1.25. The molecular weight excluding hydrogens is 482 g/mol. The second kappa shape index (κ2) is 12.0. The van der Waals surface area contributed by atoms with E-state index in [4.69, 9.17) is 25.9 Å². The van der Waals surface area contributed by atoms with Gasteiger partial charge in [-0.25, -0.2) is 16.8 Å². The van der Waals surface area contributed by atoms with Gasteiger partial charge >= 0.3 is 11.0 Å². The minimum Gasteiger partial charge on any atom is -0.741 e. The molecule has 8 nitrogen and oxygen atoms in total. The third-order valence-electron chi connectivity index (χ3n) is 4.37. The van der Waals surface area contributed by atoms with Gasteiger partial charge in [-0.1, -0.05) is 0 Å². The van der Waals surface area contributed by atoms with Crippen LogP contribution in [0.2, 0.25) is 0 Å². The highest BCUT2D eigenvalue weighted by molar-refractivity contribution is 7.86. The number of alkyl halides is 6. The fourth-order valence-electron chi connectivity index (χ4n) is 2.56. The molecule has 2 heterocycles. The van der Waals surface area contributed by atoms with E-state index < -0.39 is 31.3 Å². The van der Waals surface area contributed by atoms with Gasteiger partial charge in [0, 0.05) is 12.8 Å². The zero-order chi connectivity index (χ0) is 25.4. The summed E-state index contributed by atoms with van der Waals surface area (Å²) in [5.74, 6) is 0. The van der Waals surface area contributed by atoms with Crippen LogP contribution in [0, 0.1) is 0 Å². The molecule has 0 aromatic heterocycles. The molecule has 2 fully saturated rings. The molecule has 0 aliphatic carbocycles. The van der Waals surface area contributed by atoms with Gasteiger partial charge in [-0.2, -0.15) is 26.3 Å². The molecule has 0 aromatic rings. The molecule has 2 aliphatic heterocycles. The molecule has 0 saturated carbocycles. The molecule has 16 heteroatoms. The highest BCUT2D eigenvalue weighted by Crippen LogP contribution is 2.21. The van der Waals surface area contributed by atoms with Crippen molar-refractivity contribution in [3.05, 3.63) is 0 Å². The normalized spacial score (nSPS) is 20.8. The zero-order valence-corrected chi connectivity index (χ0v) is 19.4. The summed E-state index contributed by atoms with van der Waals surface area (Å²) in [5.41, 5.74) is -11.3. The van der Waals surface area contributed by atoms with E-state index in [2.05, 4.69) is 28.2 Å². The maximum absolute atomic E-state index is 10.7. The van der Waals surface area contributed by atoms with E-state index in [0.29, 0.717) is 0 Å². The van der Waals surface area contributed by atoms with Crippen molar-refractivity contribution in [3.63, 3.8) is 0 Å². The van der Waals surface area contributed by atoms with Crippen LogP contribution in [-0.4, -0.2) is 100 Å². The summed E-state index contributed by atoms with van der Waals surface area (Å²) in [6.07, 6.45) is 7.21. The van der Waals surface area contributed by atoms with Gasteiger partial charge in [0.1, 0.15) is 0 Å². The van der Waals surface area contributed by atoms with Crippen molar-refractivity contribution < 1.29 is 61.2 Å². The van der Waals surface area contributed by atoms with Gasteiger partial charge in [0.05, 0.1) is 54.4 Å². The average molecular weight is 513 g/mol. The molecule has 0 N–H and O–H groups in total. The molecule has 31 heavy (non-hydrogen) atoms. The van der Waals surface area contributed by atoms with E-state index in [1.807, 2.05) is 0 Å². The molecule has 0 atom stereocenters. The summed E-state index contributed by atoms with van der Waals surface area (Å²) in [6.45, 7) is 5.56. The molecule has 0 aromatic carbocycles. The molecule has 0 spiro atoms. The van der Waals surface area contributed by atoms with Crippen molar-refractivity contribution >= 4 is 20.2 Å². The summed E-state index contributed by atoms with van der Waals surface area (Å²) in [7, 11) is -2.95. The maximum Gasteiger partial charge on any atom is 0.485 e. The van der Waals surface area contributed by atoms with Crippen LogP contribution in [0.3, 0.4) is 0 Å². The summed E-state index contributed by atoms with van der Waals surface area (Å²) in [6, 6.07) is 0. The lowest BCUT2D eigenvalue weighted by molar-refractivity contribution is -0.894. The maximum atomic E-state index is 10.7. The van der Waals surface area contributed by atoms with Crippen LogP contribution >= 0.6 is 0 Å². The molecule has 0 amide bonds. The Kier molecular flexibility index (Phi) is 12.6. The Hall–Kier alpha value is -0.680. The topological polar surface area (TPSA) is 114 Å². The third-order valence-corrected chi connectivity index (χ3v) is 5.50. The molecular formula is C15H30F6N2O6S2. The first-order chi connectivity index (χ1) is 13.4. The van der Waals surface area contributed by atoms with E-state index in [-0.39, 0.29) is 0 Å². The fourth-order valence-corrected chi connectivity index (χ4v) is 2.56. The Labute approximate surface area is 179 Å². The number of nitrogens with zero attached hydrogens (tertiary/aromatic N) is 2. The first kappa shape index (κ1) is 32.5. The van der Waals surface area contributed by atoms with E-state index >= 15 is 0 Å². The number of hydrogen-bond acceptors (Lipinski definition) is 6. The van der Waals surface area contributed by atoms with Crippen molar-refractivity contribution in [1.82, 2.24) is 0 Å². The lowest BCUT2D eigenvalue weighted by atomic mass is 10.1. The molecule has 2 saturated heterocycles. The van der Waals surface area contributed by atoms with Gasteiger partial charge in [0.15, 0.2) is 20.2 Å². The van der Waals surface area contributed by atoms with Crippen LogP contribution < -0.4 is 0 Å². The SMILES string of the molecule is C[N+]1(C)CCCC1.C[N+]1(C)CCCCC1.O=S(=O)([O-])C(F)(F)F.O=S(=O)([O-])C(F)(F)F. The first-order valence-electron chi connectivity index (χ1n) is 9.10. The predicted octanol–water partition coefficient (Wildman–Crippen LogP) is 2.21. The fraction of sp³-hybridized carbons (Fsp3) is 1.00. The summed E-state index contributed by atoms with van der Waals surface area (Å²) in [5, 5.41) is 0. The van der Waals surface area contributed by atoms with Gasteiger partial charge in [-0.3, -0.25) is 0 Å². The molecule has 0 unspecified atom stereocenters. The van der Waals surface area contributed by atoms with Crippen LogP contribution in [0.4, 0.5) is 26.3 Å². The van der Waals surface area contributed by atoms with Crippen LogP contribution in [0.25, 0.3) is 0 Å². The van der Waals surface area contributed by atoms with Crippen molar-refractivity contribution in [3.8, 4) is 0 Å². The summed E-state index contributed by atoms with van der Waals surface area (Å²) in [4.78, 5) is 0. The van der Waals surface area contributed by atoms with E-state index in [9.17, 15) is 26.3 Å². The molecule has 2 rings (SSSR count). The zero-order valence-electron chi connectivity index (χ0n) is 17.8. The third kappa shape index (κ3) is 16.6. The van der Waals surface area contributed by atoms with Gasteiger partial charge < -0.3 is 18.1 Å². The Balaban J connectivity index is 0. The van der Waals surface area contributed by atoms with E-state index in [1.165, 1.54) is 67.2 Å². The molecule has 0 radical (unpaired) electrons. The summed E-state index contributed by atoms with van der Waals surface area (Å²) < 4.78 is 120. The van der Waals surface area contributed by atoms with Gasteiger partial charge in [-0.05, 0) is 19.3 Å². The number of piperidine rings is 1.